The molecule has 0 spiro atoms. The van der Waals surface area contributed by atoms with Crippen molar-refractivity contribution in [3.05, 3.63) is 0 Å². The molecule has 1 saturated heterocycles. The van der Waals surface area contributed by atoms with Crippen molar-refractivity contribution in [1.82, 2.24) is 10.2 Å². The van der Waals surface area contributed by atoms with Crippen molar-refractivity contribution in [2.24, 2.45) is 5.92 Å². The minimum Gasteiger partial charge on any atom is -0.465 e. The van der Waals surface area contributed by atoms with E-state index in [0.717, 1.165) is 12.8 Å². The fraction of sp³-hybridized carbons (Fsp3) is 0.800. The molecule has 6 heteroatoms. The molecule has 1 aliphatic heterocycles. The number of rotatable bonds is 3. The molecule has 92 valence electrons. The third-order valence-corrected chi connectivity index (χ3v) is 2.70. The molecule has 0 aliphatic carbocycles. The fourth-order valence-electron chi connectivity index (χ4n) is 1.74. The first-order valence-corrected chi connectivity index (χ1v) is 5.52. The van der Waals surface area contributed by atoms with Gasteiger partial charge in [0.2, 0.25) is 0 Å². The van der Waals surface area contributed by atoms with Gasteiger partial charge >= 0.3 is 12.2 Å². The first-order valence-electron chi connectivity index (χ1n) is 5.52. The lowest BCUT2D eigenvalue weighted by Crippen LogP contribution is -2.41. The molecule has 0 saturated carbocycles. The highest BCUT2D eigenvalue weighted by molar-refractivity contribution is 5.67. The van der Waals surface area contributed by atoms with E-state index in [-0.39, 0.29) is 0 Å². The van der Waals surface area contributed by atoms with E-state index in [1.807, 2.05) is 0 Å². The number of carboxylic acid groups (broad SMARTS) is 1. The Hall–Kier alpha value is -1.46. The number of amides is 2. The number of carbonyl (C=O) groups excluding carboxylic acids is 1. The monoisotopic (exact) mass is 230 g/mol. The summed E-state index contributed by atoms with van der Waals surface area (Å²) in [4.78, 5) is 23.1. The second-order valence-corrected chi connectivity index (χ2v) is 3.81. The summed E-state index contributed by atoms with van der Waals surface area (Å²) in [7, 11) is 0. The molecule has 2 N–H and O–H groups in total. The SMILES string of the molecule is CCOC(=O)NCC1CCN(C(=O)O)CC1. The van der Waals surface area contributed by atoms with Crippen LogP contribution in [0.1, 0.15) is 19.8 Å². The number of carbonyl (C=O) groups is 2. The Morgan fingerprint density at radius 1 is 1.44 bits per heavy atom. The molecule has 2 amide bonds. The van der Waals surface area contributed by atoms with Crippen LogP contribution in [-0.2, 0) is 4.74 Å². The summed E-state index contributed by atoms with van der Waals surface area (Å²) in [6.07, 6.45) is 0.317. The lowest BCUT2D eigenvalue weighted by atomic mass is 9.97. The van der Waals surface area contributed by atoms with E-state index in [1.165, 1.54) is 4.90 Å². The van der Waals surface area contributed by atoms with Crippen LogP contribution in [0, 0.1) is 5.92 Å². The lowest BCUT2D eigenvalue weighted by Gasteiger charge is -2.29. The quantitative estimate of drug-likeness (QED) is 0.761. The third kappa shape index (κ3) is 3.96. The maximum absolute atomic E-state index is 11.0. The van der Waals surface area contributed by atoms with Crippen LogP contribution in [-0.4, -0.2) is 48.4 Å². The summed E-state index contributed by atoms with van der Waals surface area (Å²) in [5.74, 6) is 0.347. The van der Waals surface area contributed by atoms with Crippen molar-refractivity contribution in [3.63, 3.8) is 0 Å². The standard InChI is InChI=1S/C10H18N2O4/c1-2-16-9(13)11-7-8-3-5-12(6-4-8)10(14)15/h8H,2-7H2,1H3,(H,11,13)(H,14,15). The molecule has 16 heavy (non-hydrogen) atoms. The molecule has 0 unspecified atom stereocenters. The highest BCUT2D eigenvalue weighted by atomic mass is 16.5. The van der Waals surface area contributed by atoms with Crippen molar-refractivity contribution < 1.29 is 19.4 Å². The fourth-order valence-corrected chi connectivity index (χ4v) is 1.74. The zero-order valence-corrected chi connectivity index (χ0v) is 9.44. The van der Waals surface area contributed by atoms with Gasteiger partial charge in [-0.3, -0.25) is 0 Å². The van der Waals surface area contributed by atoms with E-state index in [4.69, 9.17) is 9.84 Å². The number of piperidine rings is 1. The molecule has 6 nitrogen and oxygen atoms in total. The van der Waals surface area contributed by atoms with Crippen LogP contribution in [0.5, 0.6) is 0 Å². The molecule has 0 bridgehead atoms. The molecular formula is C10H18N2O4. The van der Waals surface area contributed by atoms with Gasteiger partial charge in [-0.25, -0.2) is 9.59 Å². The van der Waals surface area contributed by atoms with Crippen molar-refractivity contribution in [2.45, 2.75) is 19.8 Å². The zero-order valence-electron chi connectivity index (χ0n) is 9.44. The number of alkyl carbamates (subject to hydrolysis) is 1. The van der Waals surface area contributed by atoms with Crippen LogP contribution in [0.25, 0.3) is 0 Å². The van der Waals surface area contributed by atoms with Gasteiger partial charge in [-0.05, 0) is 25.7 Å². The molecular weight excluding hydrogens is 212 g/mol. The molecule has 1 fully saturated rings. The van der Waals surface area contributed by atoms with E-state index in [9.17, 15) is 9.59 Å². The van der Waals surface area contributed by atoms with Crippen LogP contribution >= 0.6 is 0 Å². The van der Waals surface area contributed by atoms with Crippen LogP contribution < -0.4 is 5.32 Å². The molecule has 1 rings (SSSR count). The predicted molar refractivity (Wildman–Crippen MR) is 57.3 cm³/mol. The van der Waals surface area contributed by atoms with Gasteiger partial charge in [0.1, 0.15) is 0 Å². The van der Waals surface area contributed by atoms with E-state index >= 15 is 0 Å². The average molecular weight is 230 g/mol. The lowest BCUT2D eigenvalue weighted by molar-refractivity contribution is 0.121. The van der Waals surface area contributed by atoms with Crippen molar-refractivity contribution in [1.29, 1.82) is 0 Å². The minimum atomic E-state index is -0.864. The van der Waals surface area contributed by atoms with Crippen molar-refractivity contribution in [3.8, 4) is 0 Å². The average Bonchev–Trinajstić information content (AvgIpc) is 2.27. The maximum atomic E-state index is 11.0. The number of likely N-dealkylation sites (tertiary alicyclic amines) is 1. The largest absolute Gasteiger partial charge is 0.465 e. The number of hydrogen-bond acceptors (Lipinski definition) is 3. The van der Waals surface area contributed by atoms with Gasteiger partial charge in [-0.1, -0.05) is 0 Å². The van der Waals surface area contributed by atoms with Crippen molar-refractivity contribution in [2.75, 3.05) is 26.2 Å². The van der Waals surface area contributed by atoms with Gasteiger partial charge in [-0.2, -0.15) is 0 Å². The predicted octanol–water partition coefficient (Wildman–Crippen LogP) is 1.12. The molecule has 0 radical (unpaired) electrons. The highest BCUT2D eigenvalue weighted by Gasteiger charge is 2.22. The van der Waals surface area contributed by atoms with Gasteiger partial charge < -0.3 is 20.1 Å². The minimum absolute atomic E-state index is 0.347. The Labute approximate surface area is 94.6 Å². The van der Waals surface area contributed by atoms with Crippen molar-refractivity contribution >= 4 is 12.2 Å². The van der Waals surface area contributed by atoms with Crippen LogP contribution in [0.4, 0.5) is 9.59 Å². The van der Waals surface area contributed by atoms with Crippen LogP contribution in [0.3, 0.4) is 0 Å². The first-order chi connectivity index (χ1) is 7.63. The molecule has 0 aromatic heterocycles. The molecule has 0 atom stereocenters. The molecule has 1 heterocycles. The Morgan fingerprint density at radius 3 is 2.56 bits per heavy atom. The second-order valence-electron chi connectivity index (χ2n) is 3.81. The molecule has 1 aliphatic rings. The van der Waals surface area contributed by atoms with E-state index < -0.39 is 12.2 Å². The number of nitrogens with one attached hydrogen (secondary N) is 1. The Kier molecular flexibility index (Phi) is 4.88. The molecule has 0 aromatic carbocycles. The first kappa shape index (κ1) is 12.6. The summed E-state index contributed by atoms with van der Waals surface area (Å²) in [6.45, 7) is 3.77. The van der Waals surface area contributed by atoms with Gasteiger partial charge in [0.25, 0.3) is 0 Å². The summed E-state index contributed by atoms with van der Waals surface area (Å²) in [6, 6.07) is 0. The van der Waals surface area contributed by atoms with Gasteiger partial charge in [0.05, 0.1) is 6.61 Å². The summed E-state index contributed by atoms with van der Waals surface area (Å²) < 4.78 is 4.74. The summed E-state index contributed by atoms with van der Waals surface area (Å²) in [5, 5.41) is 11.4. The zero-order chi connectivity index (χ0) is 12.0. The third-order valence-electron chi connectivity index (χ3n) is 2.70. The summed E-state index contributed by atoms with van der Waals surface area (Å²) >= 11 is 0. The van der Waals surface area contributed by atoms with Gasteiger partial charge in [0, 0.05) is 19.6 Å². The Balaban J connectivity index is 2.17. The van der Waals surface area contributed by atoms with Gasteiger partial charge in [0.15, 0.2) is 0 Å². The normalized spacial score (nSPS) is 16.9. The summed E-state index contributed by atoms with van der Waals surface area (Å²) in [5.41, 5.74) is 0. The number of ether oxygens (including phenoxy) is 1. The molecule has 0 aromatic rings. The van der Waals surface area contributed by atoms with E-state index in [1.54, 1.807) is 6.92 Å². The van der Waals surface area contributed by atoms with Crippen LogP contribution in [0.15, 0.2) is 0 Å². The van der Waals surface area contributed by atoms with Crippen LogP contribution in [0.2, 0.25) is 0 Å². The highest BCUT2D eigenvalue weighted by Crippen LogP contribution is 2.16. The maximum Gasteiger partial charge on any atom is 0.407 e. The van der Waals surface area contributed by atoms with Gasteiger partial charge in [-0.15, -0.1) is 0 Å². The Morgan fingerprint density at radius 2 is 2.06 bits per heavy atom. The smallest absolute Gasteiger partial charge is 0.407 e. The van der Waals surface area contributed by atoms with E-state index in [2.05, 4.69) is 5.32 Å². The Bertz CT molecular complexity index is 249. The van der Waals surface area contributed by atoms with E-state index in [0.29, 0.717) is 32.2 Å². The second kappa shape index (κ2) is 6.19. The number of nitrogens with zero attached hydrogens (tertiary/aromatic N) is 1. The topological polar surface area (TPSA) is 78.9 Å². The number of hydrogen-bond donors (Lipinski definition) is 2.